The molecule has 4 nitrogen and oxygen atoms in total. The van der Waals surface area contributed by atoms with Gasteiger partial charge in [-0.25, -0.2) is 4.39 Å². The van der Waals surface area contributed by atoms with Crippen molar-refractivity contribution in [2.45, 2.75) is 6.61 Å². The number of benzene rings is 4. The Balaban J connectivity index is 1.54. The Bertz CT molecular complexity index is 1230. The summed E-state index contributed by atoms with van der Waals surface area (Å²) in [6.07, 6.45) is 1.66. The third kappa shape index (κ3) is 5.24. The van der Waals surface area contributed by atoms with E-state index in [0.717, 1.165) is 22.0 Å². The first-order chi connectivity index (χ1) is 15.2. The molecule has 4 aromatic carbocycles. The SMILES string of the molecule is Fc1ccccc1COc1ccc2ccccc2c1/C=N\NC(=S)Nc1ccccc1. The molecule has 0 aliphatic carbocycles. The number of nitrogens with one attached hydrogen (secondary N) is 2. The van der Waals surface area contributed by atoms with Gasteiger partial charge in [0.15, 0.2) is 5.11 Å². The summed E-state index contributed by atoms with van der Waals surface area (Å²) < 4.78 is 19.9. The molecule has 0 radical (unpaired) electrons. The maximum atomic E-state index is 14.0. The average molecular weight is 430 g/mol. The van der Waals surface area contributed by atoms with Crippen LogP contribution in [0.1, 0.15) is 11.1 Å². The highest BCUT2D eigenvalue weighted by atomic mass is 32.1. The summed E-state index contributed by atoms with van der Waals surface area (Å²) >= 11 is 5.30. The fraction of sp³-hybridized carbons (Fsp3) is 0.0400. The van der Waals surface area contributed by atoms with Crippen LogP contribution in [0.4, 0.5) is 10.1 Å². The maximum Gasteiger partial charge on any atom is 0.191 e. The number of hydrogen-bond acceptors (Lipinski definition) is 3. The van der Waals surface area contributed by atoms with E-state index in [1.54, 1.807) is 24.4 Å². The summed E-state index contributed by atoms with van der Waals surface area (Å²) in [6.45, 7) is 0.118. The Hall–Kier alpha value is -3.77. The van der Waals surface area contributed by atoms with Gasteiger partial charge < -0.3 is 10.1 Å². The molecule has 31 heavy (non-hydrogen) atoms. The molecule has 0 unspecified atom stereocenters. The largest absolute Gasteiger partial charge is 0.488 e. The van der Waals surface area contributed by atoms with Crippen molar-refractivity contribution < 1.29 is 9.13 Å². The van der Waals surface area contributed by atoms with E-state index in [2.05, 4.69) is 15.8 Å². The molecule has 154 valence electrons. The Labute approximate surface area is 185 Å². The van der Waals surface area contributed by atoms with Crippen LogP contribution in [-0.2, 0) is 6.61 Å². The summed E-state index contributed by atoms with van der Waals surface area (Å²) in [6, 6.07) is 27.9. The number of rotatable bonds is 6. The quantitative estimate of drug-likeness (QED) is 0.228. The zero-order chi connectivity index (χ0) is 21.5. The van der Waals surface area contributed by atoms with E-state index in [1.807, 2.05) is 66.7 Å². The number of ether oxygens (including phenoxy) is 1. The first kappa shape index (κ1) is 20.5. The van der Waals surface area contributed by atoms with Gasteiger partial charge in [0.2, 0.25) is 0 Å². The minimum Gasteiger partial charge on any atom is -0.488 e. The van der Waals surface area contributed by atoms with Gasteiger partial charge in [0.25, 0.3) is 0 Å². The summed E-state index contributed by atoms with van der Waals surface area (Å²) in [5, 5.41) is 9.75. The monoisotopic (exact) mass is 429 g/mol. The number of thiocarbonyl (C=S) groups is 1. The zero-order valence-electron chi connectivity index (χ0n) is 16.6. The van der Waals surface area contributed by atoms with Crippen molar-refractivity contribution in [3.05, 3.63) is 108 Å². The van der Waals surface area contributed by atoms with E-state index in [-0.39, 0.29) is 12.4 Å². The van der Waals surface area contributed by atoms with Gasteiger partial charge in [-0.1, -0.05) is 66.7 Å². The van der Waals surface area contributed by atoms with Crippen LogP contribution in [0, 0.1) is 5.82 Å². The second-order valence-corrected chi connectivity index (χ2v) is 7.18. The van der Waals surface area contributed by atoms with Crippen molar-refractivity contribution in [3.8, 4) is 5.75 Å². The highest BCUT2D eigenvalue weighted by Gasteiger charge is 2.09. The predicted molar refractivity (Wildman–Crippen MR) is 128 cm³/mol. The Morgan fingerprint density at radius 1 is 0.903 bits per heavy atom. The topological polar surface area (TPSA) is 45.6 Å². The molecule has 0 amide bonds. The van der Waals surface area contributed by atoms with Crippen molar-refractivity contribution in [2.75, 3.05) is 5.32 Å². The van der Waals surface area contributed by atoms with Crippen LogP contribution < -0.4 is 15.5 Å². The summed E-state index contributed by atoms with van der Waals surface area (Å²) in [7, 11) is 0. The standard InChI is InChI=1S/C25H20FN3OS/c26-23-13-7-5-9-19(23)17-30-24-15-14-18-8-4-6-12-21(18)22(24)16-27-29-25(31)28-20-10-2-1-3-11-20/h1-16H,17H2,(H2,28,29,31)/b27-16-. The molecule has 0 heterocycles. The summed E-state index contributed by atoms with van der Waals surface area (Å²) in [5.41, 5.74) is 4.97. The van der Waals surface area contributed by atoms with E-state index < -0.39 is 0 Å². The van der Waals surface area contributed by atoms with E-state index >= 15 is 0 Å². The van der Waals surface area contributed by atoms with Crippen LogP contribution in [0.2, 0.25) is 0 Å². The van der Waals surface area contributed by atoms with Crippen LogP contribution in [-0.4, -0.2) is 11.3 Å². The molecule has 0 aliphatic rings. The molecule has 4 aromatic rings. The molecule has 0 atom stereocenters. The van der Waals surface area contributed by atoms with Crippen LogP contribution >= 0.6 is 12.2 Å². The number of nitrogens with zero attached hydrogens (tertiary/aromatic N) is 1. The van der Waals surface area contributed by atoms with E-state index in [1.165, 1.54) is 6.07 Å². The normalized spacial score (nSPS) is 10.9. The lowest BCUT2D eigenvalue weighted by atomic mass is 10.0. The molecular formula is C25H20FN3OS. The number of fused-ring (bicyclic) bond motifs is 1. The highest BCUT2D eigenvalue weighted by molar-refractivity contribution is 7.80. The molecule has 0 aliphatic heterocycles. The van der Waals surface area contributed by atoms with Crippen molar-refractivity contribution in [3.63, 3.8) is 0 Å². The lowest BCUT2D eigenvalue weighted by Gasteiger charge is -2.12. The minimum absolute atomic E-state index is 0.118. The first-order valence-corrected chi connectivity index (χ1v) is 10.1. The molecule has 0 saturated heterocycles. The van der Waals surface area contributed by atoms with Crippen molar-refractivity contribution >= 4 is 40.0 Å². The fourth-order valence-corrected chi connectivity index (χ4v) is 3.31. The molecular weight excluding hydrogens is 409 g/mol. The zero-order valence-corrected chi connectivity index (χ0v) is 17.4. The maximum absolute atomic E-state index is 14.0. The number of anilines is 1. The second kappa shape index (κ2) is 9.82. The van der Waals surface area contributed by atoms with Crippen molar-refractivity contribution in [1.82, 2.24) is 5.43 Å². The fourth-order valence-electron chi connectivity index (χ4n) is 3.14. The first-order valence-electron chi connectivity index (χ1n) is 9.74. The Morgan fingerprint density at radius 3 is 2.48 bits per heavy atom. The number of hydrogen-bond donors (Lipinski definition) is 2. The smallest absolute Gasteiger partial charge is 0.191 e. The molecule has 6 heteroatoms. The molecule has 0 aromatic heterocycles. The lowest BCUT2D eigenvalue weighted by Crippen LogP contribution is -2.23. The van der Waals surface area contributed by atoms with E-state index in [4.69, 9.17) is 17.0 Å². The number of halogens is 1. The predicted octanol–water partition coefficient (Wildman–Crippen LogP) is 5.88. The van der Waals surface area contributed by atoms with Crippen molar-refractivity contribution in [2.24, 2.45) is 5.10 Å². The average Bonchev–Trinajstić information content (AvgIpc) is 2.80. The van der Waals surface area contributed by atoms with Gasteiger partial charge in [0, 0.05) is 16.8 Å². The summed E-state index contributed by atoms with van der Waals surface area (Å²) in [5.74, 6) is 0.312. The molecule has 4 rings (SSSR count). The van der Waals surface area contributed by atoms with Gasteiger partial charge in [-0.05, 0) is 47.3 Å². The number of para-hydroxylation sites is 1. The molecule has 2 N–H and O–H groups in total. The molecule has 0 saturated carbocycles. The van der Waals surface area contributed by atoms with Gasteiger partial charge in [-0.3, -0.25) is 5.43 Å². The lowest BCUT2D eigenvalue weighted by molar-refractivity contribution is 0.300. The van der Waals surface area contributed by atoms with E-state index in [9.17, 15) is 4.39 Å². The second-order valence-electron chi connectivity index (χ2n) is 6.77. The highest BCUT2D eigenvalue weighted by Crippen LogP contribution is 2.27. The van der Waals surface area contributed by atoms with Crippen LogP contribution in [0.5, 0.6) is 5.75 Å². The van der Waals surface area contributed by atoms with Gasteiger partial charge in [0.05, 0.1) is 6.21 Å². The Kier molecular flexibility index (Phi) is 6.50. The van der Waals surface area contributed by atoms with Gasteiger partial charge in [0.1, 0.15) is 18.2 Å². The molecule has 0 bridgehead atoms. The molecule has 0 fully saturated rings. The van der Waals surface area contributed by atoms with Gasteiger partial charge >= 0.3 is 0 Å². The molecule has 0 spiro atoms. The summed E-state index contributed by atoms with van der Waals surface area (Å²) in [4.78, 5) is 0. The van der Waals surface area contributed by atoms with E-state index in [0.29, 0.717) is 16.4 Å². The van der Waals surface area contributed by atoms with Gasteiger partial charge in [-0.2, -0.15) is 5.10 Å². The van der Waals surface area contributed by atoms with Crippen LogP contribution in [0.15, 0.2) is 96.1 Å². The van der Waals surface area contributed by atoms with Gasteiger partial charge in [-0.15, -0.1) is 0 Å². The van der Waals surface area contributed by atoms with Crippen LogP contribution in [0.3, 0.4) is 0 Å². The van der Waals surface area contributed by atoms with Crippen LogP contribution in [0.25, 0.3) is 10.8 Å². The Morgan fingerprint density at radius 2 is 1.65 bits per heavy atom. The third-order valence-electron chi connectivity index (χ3n) is 4.66. The third-order valence-corrected chi connectivity index (χ3v) is 4.86. The minimum atomic E-state index is -0.294. The number of hydrazone groups is 1. The van der Waals surface area contributed by atoms with Crippen molar-refractivity contribution in [1.29, 1.82) is 0 Å².